The number of rotatable bonds is 8. The monoisotopic (exact) mass is 259 g/mol. The first-order chi connectivity index (χ1) is 8.30. The Morgan fingerprint density at radius 1 is 1.22 bits per heavy atom. The number of hydrogen-bond donors (Lipinski definition) is 0. The Balaban J connectivity index is 0.00000120. The van der Waals surface area contributed by atoms with Crippen LogP contribution in [0.15, 0.2) is 0 Å². The van der Waals surface area contributed by atoms with E-state index in [0.717, 1.165) is 30.7 Å². The van der Waals surface area contributed by atoms with Gasteiger partial charge in [-0.15, -0.1) is 0 Å². The van der Waals surface area contributed by atoms with Crippen LogP contribution in [-0.2, 0) is 19.0 Å². The summed E-state index contributed by atoms with van der Waals surface area (Å²) in [6.45, 7) is 7.46. The zero-order valence-corrected chi connectivity index (χ0v) is 9.97. The molecule has 1 spiro atoms. The van der Waals surface area contributed by atoms with Crippen LogP contribution in [0.1, 0.15) is 7.43 Å². The highest BCUT2D eigenvalue weighted by atomic mass is 16.7. The van der Waals surface area contributed by atoms with Gasteiger partial charge in [-0.25, -0.2) is 4.79 Å². The van der Waals surface area contributed by atoms with E-state index in [-0.39, 0.29) is 33.0 Å². The lowest BCUT2D eigenvalue weighted by molar-refractivity contribution is -0.660. The molecule has 3 rings (SSSR count). The number of carbonyl (C=O) groups excluding carboxylic acids is 1. The maximum Gasteiger partial charge on any atom is 0.373 e. The van der Waals surface area contributed by atoms with Crippen molar-refractivity contribution in [1.29, 1.82) is 0 Å². The van der Waals surface area contributed by atoms with Gasteiger partial charge >= 0.3 is 5.97 Å². The van der Waals surface area contributed by atoms with Crippen molar-refractivity contribution in [1.82, 2.24) is 4.90 Å². The van der Waals surface area contributed by atoms with Gasteiger partial charge in [0.15, 0.2) is 13.6 Å². The number of nitrogens with zero attached hydrogens (tertiary/aromatic N) is 2. The number of esters is 1. The third kappa shape index (κ3) is 3.41. The lowest BCUT2D eigenvalue weighted by Gasteiger charge is -2.06. The fourth-order valence-electron chi connectivity index (χ4n) is 2.05. The highest BCUT2D eigenvalue weighted by molar-refractivity contribution is 5.77. The van der Waals surface area contributed by atoms with Crippen molar-refractivity contribution in [2.45, 2.75) is 13.5 Å². The summed E-state index contributed by atoms with van der Waals surface area (Å²) in [6, 6.07) is 0.0992. The molecule has 6 heteroatoms. The Hall–Kier alpha value is -0.690. The van der Waals surface area contributed by atoms with Gasteiger partial charge in [0, 0.05) is 19.6 Å². The van der Waals surface area contributed by atoms with Crippen molar-refractivity contribution in [3.8, 4) is 0 Å². The maximum atomic E-state index is 11.5. The molecule has 0 saturated carbocycles. The van der Waals surface area contributed by atoms with Gasteiger partial charge in [0.2, 0.25) is 6.04 Å². The molecule has 0 aromatic heterocycles. The van der Waals surface area contributed by atoms with E-state index in [4.69, 9.17) is 14.2 Å². The Morgan fingerprint density at radius 3 is 2.61 bits per heavy atom. The SMILES string of the molecule is C.O=C(OCOCOCCN1CC1)C1C[N+]12CC2. The molecule has 1 unspecified atom stereocenters. The molecular formula is C12H23N2O4+. The summed E-state index contributed by atoms with van der Waals surface area (Å²) in [7, 11) is 0. The molecule has 0 aliphatic carbocycles. The summed E-state index contributed by atoms with van der Waals surface area (Å²) >= 11 is 0. The minimum atomic E-state index is -0.119. The number of carbonyl (C=O) groups is 1. The number of hydrogen-bond acceptors (Lipinski definition) is 5. The second-order valence-electron chi connectivity index (χ2n) is 5.02. The van der Waals surface area contributed by atoms with E-state index < -0.39 is 0 Å². The van der Waals surface area contributed by atoms with Crippen molar-refractivity contribution < 1.29 is 23.5 Å². The molecule has 3 heterocycles. The largest absolute Gasteiger partial charge is 0.434 e. The van der Waals surface area contributed by atoms with E-state index in [1.807, 2.05) is 0 Å². The Labute approximate surface area is 108 Å². The quantitative estimate of drug-likeness (QED) is 0.196. The first-order valence-corrected chi connectivity index (χ1v) is 6.20. The third-order valence-corrected chi connectivity index (χ3v) is 3.68. The first-order valence-electron chi connectivity index (χ1n) is 6.20. The second-order valence-corrected chi connectivity index (χ2v) is 5.02. The van der Waals surface area contributed by atoms with E-state index in [1.54, 1.807) is 0 Å². The Kier molecular flexibility index (Phi) is 4.21. The molecule has 0 bridgehead atoms. The first kappa shape index (κ1) is 13.7. The molecule has 1 atom stereocenters. The molecule has 3 saturated heterocycles. The van der Waals surface area contributed by atoms with Crippen molar-refractivity contribution in [3.63, 3.8) is 0 Å². The van der Waals surface area contributed by atoms with Crippen LogP contribution in [-0.4, -0.2) is 80.9 Å². The highest BCUT2D eigenvalue weighted by Gasteiger charge is 2.69. The normalized spacial score (nSPS) is 26.6. The summed E-state index contributed by atoms with van der Waals surface area (Å²) in [5, 5.41) is 0. The fraction of sp³-hybridized carbons (Fsp3) is 0.917. The average Bonchev–Trinajstić information content (AvgIpc) is 3.20. The molecule has 6 nitrogen and oxygen atoms in total. The van der Waals surface area contributed by atoms with E-state index in [2.05, 4.69) is 4.90 Å². The standard InChI is InChI=1S/C11H19N2O4.CH4/c14-11(10-7-13(10)4-5-13)17-9-16-8-15-6-3-12-1-2-12;/h10H,1-9H2;1H4/q+1;. The molecule has 3 aliphatic heterocycles. The molecule has 0 amide bonds. The third-order valence-electron chi connectivity index (χ3n) is 3.68. The second kappa shape index (κ2) is 5.52. The molecule has 0 N–H and O–H groups in total. The zero-order chi connectivity index (χ0) is 11.7. The lowest BCUT2D eigenvalue weighted by atomic mass is 10.5. The minimum absolute atomic E-state index is 0. The molecule has 0 aromatic carbocycles. The van der Waals surface area contributed by atoms with Gasteiger partial charge in [0.25, 0.3) is 0 Å². The lowest BCUT2D eigenvalue weighted by Crippen LogP contribution is -2.19. The topological polar surface area (TPSA) is 47.8 Å². The van der Waals surface area contributed by atoms with Crippen LogP contribution in [0.2, 0.25) is 0 Å². The van der Waals surface area contributed by atoms with Crippen LogP contribution in [0.3, 0.4) is 0 Å². The molecule has 0 aromatic rings. The van der Waals surface area contributed by atoms with Gasteiger partial charge in [0.05, 0.1) is 6.61 Å². The van der Waals surface area contributed by atoms with Crippen molar-refractivity contribution in [2.24, 2.45) is 0 Å². The average molecular weight is 259 g/mol. The maximum absolute atomic E-state index is 11.5. The predicted molar refractivity (Wildman–Crippen MR) is 64.7 cm³/mol. The van der Waals surface area contributed by atoms with Crippen molar-refractivity contribution in [2.75, 3.05) is 59.5 Å². The van der Waals surface area contributed by atoms with Gasteiger partial charge in [-0.3, -0.25) is 9.38 Å². The number of ether oxygens (including phenoxy) is 3. The van der Waals surface area contributed by atoms with E-state index in [1.165, 1.54) is 13.1 Å². The van der Waals surface area contributed by atoms with E-state index in [9.17, 15) is 4.79 Å². The van der Waals surface area contributed by atoms with E-state index >= 15 is 0 Å². The molecule has 104 valence electrons. The summed E-state index contributed by atoms with van der Waals surface area (Å²) < 4.78 is 16.3. The van der Waals surface area contributed by atoms with Crippen molar-refractivity contribution >= 4 is 5.97 Å². The summed E-state index contributed by atoms with van der Waals surface area (Å²) in [5.74, 6) is -0.119. The van der Waals surface area contributed by atoms with Crippen molar-refractivity contribution in [3.05, 3.63) is 0 Å². The van der Waals surface area contributed by atoms with Crippen LogP contribution in [0.4, 0.5) is 0 Å². The Bertz CT molecular complexity index is 302. The van der Waals surface area contributed by atoms with Gasteiger partial charge in [0.1, 0.15) is 19.6 Å². The molecule has 3 aliphatic rings. The minimum Gasteiger partial charge on any atom is -0.434 e. The van der Waals surface area contributed by atoms with Crippen LogP contribution in [0.5, 0.6) is 0 Å². The summed E-state index contributed by atoms with van der Waals surface area (Å²) in [5.41, 5.74) is 0. The van der Waals surface area contributed by atoms with Gasteiger partial charge < -0.3 is 14.2 Å². The predicted octanol–water partition coefficient (Wildman–Crippen LogP) is -0.358. The van der Waals surface area contributed by atoms with Gasteiger partial charge in [-0.2, -0.15) is 0 Å². The van der Waals surface area contributed by atoms with Gasteiger partial charge in [-0.1, -0.05) is 7.43 Å². The van der Waals surface area contributed by atoms with Crippen LogP contribution in [0.25, 0.3) is 0 Å². The van der Waals surface area contributed by atoms with Crippen LogP contribution >= 0.6 is 0 Å². The Morgan fingerprint density at radius 2 is 2.00 bits per heavy atom. The molecular weight excluding hydrogens is 236 g/mol. The molecule has 0 radical (unpaired) electrons. The smallest absolute Gasteiger partial charge is 0.373 e. The fourth-order valence-corrected chi connectivity index (χ4v) is 2.05. The summed E-state index contributed by atoms with van der Waals surface area (Å²) in [6.07, 6.45) is 0. The molecule has 3 fully saturated rings. The zero-order valence-electron chi connectivity index (χ0n) is 9.97. The van der Waals surface area contributed by atoms with Gasteiger partial charge in [-0.05, 0) is 0 Å². The number of quaternary nitrogens is 1. The summed E-state index contributed by atoms with van der Waals surface area (Å²) in [4.78, 5) is 13.8. The van der Waals surface area contributed by atoms with Crippen LogP contribution in [0, 0.1) is 0 Å². The van der Waals surface area contributed by atoms with Crippen LogP contribution < -0.4 is 0 Å². The highest BCUT2D eigenvalue weighted by Crippen LogP contribution is 2.41. The van der Waals surface area contributed by atoms with E-state index in [0.29, 0.717) is 6.61 Å². The molecule has 18 heavy (non-hydrogen) atoms.